The lowest BCUT2D eigenvalue weighted by Gasteiger charge is -2.34. The van der Waals surface area contributed by atoms with E-state index in [-0.39, 0.29) is 36.2 Å². The summed E-state index contributed by atoms with van der Waals surface area (Å²) in [6, 6.07) is 13.9. The number of ether oxygens (including phenoxy) is 1. The van der Waals surface area contributed by atoms with E-state index >= 15 is 0 Å². The summed E-state index contributed by atoms with van der Waals surface area (Å²) in [5.74, 6) is 0.0649. The molecule has 8 nitrogen and oxygen atoms in total. The summed E-state index contributed by atoms with van der Waals surface area (Å²) in [4.78, 5) is 41.3. The Morgan fingerprint density at radius 2 is 1.79 bits per heavy atom. The third-order valence-electron chi connectivity index (χ3n) is 8.55. The lowest BCUT2D eigenvalue weighted by molar-refractivity contribution is -0.137. The van der Waals surface area contributed by atoms with Crippen molar-refractivity contribution in [2.24, 2.45) is 5.92 Å². The fourth-order valence-corrected chi connectivity index (χ4v) is 6.10. The summed E-state index contributed by atoms with van der Waals surface area (Å²) in [6.07, 6.45) is 5.04. The van der Waals surface area contributed by atoms with Crippen LogP contribution in [0.5, 0.6) is 5.75 Å². The SMILES string of the molecule is CCC(C)[C@@H]1NC[C@H](C)Oc2ccccc2CCCNC(=O)[C@@H](Cc2cccc(Cl)c2)NC(=O)C2(CCCC2)NC1=O. The van der Waals surface area contributed by atoms with E-state index in [0.717, 1.165) is 42.6 Å². The summed E-state index contributed by atoms with van der Waals surface area (Å²) >= 11 is 6.22. The van der Waals surface area contributed by atoms with Crippen LogP contribution in [0, 0.1) is 5.92 Å². The third-order valence-corrected chi connectivity index (χ3v) is 8.78. The predicted octanol–water partition coefficient (Wildman–Crippen LogP) is 4.33. The standard InChI is InChI=1S/C33H45ClN4O4/c1-4-22(2)29-31(40)38-33(16-7-8-17-33)32(41)37-27(20-24-11-9-14-26(34)19-24)30(39)35-18-10-13-25-12-5-6-15-28(25)42-23(3)21-36-29/h5-6,9,11-12,14-15,19,22-23,27,29,36H,4,7-8,10,13,16-18,20-21H2,1-3H3,(H,35,39)(H,37,41)(H,38,40)/t22?,23-,27+,29-/m0/s1. The van der Waals surface area contributed by atoms with Crippen molar-refractivity contribution in [3.05, 3.63) is 64.7 Å². The van der Waals surface area contributed by atoms with Crippen LogP contribution in [0.25, 0.3) is 0 Å². The molecule has 1 aliphatic heterocycles. The van der Waals surface area contributed by atoms with Gasteiger partial charge in [0.05, 0.1) is 6.04 Å². The largest absolute Gasteiger partial charge is 0.489 e. The van der Waals surface area contributed by atoms with Crippen molar-refractivity contribution < 1.29 is 19.1 Å². The van der Waals surface area contributed by atoms with E-state index < -0.39 is 17.6 Å². The second-order valence-corrected chi connectivity index (χ2v) is 12.3. The molecule has 2 aromatic carbocycles. The molecule has 3 amide bonds. The molecular formula is C33H45ClN4O4. The smallest absolute Gasteiger partial charge is 0.246 e. The molecule has 1 unspecified atom stereocenters. The van der Waals surface area contributed by atoms with Gasteiger partial charge in [0, 0.05) is 24.5 Å². The molecule has 4 rings (SSSR count). The molecule has 9 heteroatoms. The van der Waals surface area contributed by atoms with Gasteiger partial charge in [0.15, 0.2) is 0 Å². The van der Waals surface area contributed by atoms with Crippen molar-refractivity contribution in [3.63, 3.8) is 0 Å². The highest BCUT2D eigenvalue weighted by molar-refractivity contribution is 6.30. The molecule has 1 heterocycles. The number of rotatable bonds is 4. The molecule has 1 fully saturated rings. The third kappa shape index (κ3) is 8.26. The number of halogens is 1. The van der Waals surface area contributed by atoms with E-state index in [0.29, 0.717) is 37.4 Å². The summed E-state index contributed by atoms with van der Waals surface area (Å²) < 4.78 is 6.31. The minimum absolute atomic E-state index is 0.0398. The summed E-state index contributed by atoms with van der Waals surface area (Å²) in [6.45, 7) is 7.01. The average Bonchev–Trinajstić information content (AvgIpc) is 3.44. The number of hydrogen-bond donors (Lipinski definition) is 4. The first-order valence-electron chi connectivity index (χ1n) is 15.3. The van der Waals surface area contributed by atoms with Crippen LogP contribution in [-0.4, -0.2) is 54.5 Å². The summed E-state index contributed by atoms with van der Waals surface area (Å²) in [5, 5.41) is 13.2. The maximum Gasteiger partial charge on any atom is 0.246 e. The molecule has 2 aliphatic rings. The minimum atomic E-state index is -1.07. The zero-order valence-corrected chi connectivity index (χ0v) is 25.8. The Hall–Kier alpha value is -3.10. The molecule has 228 valence electrons. The summed E-state index contributed by atoms with van der Waals surface area (Å²) in [5.41, 5.74) is 0.836. The molecular weight excluding hydrogens is 552 g/mol. The van der Waals surface area contributed by atoms with Crippen molar-refractivity contribution in [3.8, 4) is 5.75 Å². The zero-order chi connectivity index (χ0) is 30.1. The maximum absolute atomic E-state index is 14.0. The van der Waals surface area contributed by atoms with Crippen LogP contribution < -0.4 is 26.0 Å². The number of amides is 3. The minimum Gasteiger partial charge on any atom is -0.489 e. The average molecular weight is 597 g/mol. The van der Waals surface area contributed by atoms with Gasteiger partial charge < -0.3 is 26.0 Å². The van der Waals surface area contributed by atoms with Gasteiger partial charge in [-0.25, -0.2) is 0 Å². The normalized spacial score (nSPS) is 24.8. The second kappa shape index (κ2) is 14.9. The van der Waals surface area contributed by atoms with Gasteiger partial charge >= 0.3 is 0 Å². The molecule has 0 aromatic heterocycles. The van der Waals surface area contributed by atoms with Crippen LogP contribution in [0.4, 0.5) is 0 Å². The fourth-order valence-electron chi connectivity index (χ4n) is 5.88. The Bertz CT molecular complexity index is 1230. The first-order chi connectivity index (χ1) is 20.2. The van der Waals surface area contributed by atoms with E-state index in [1.165, 1.54) is 0 Å². The zero-order valence-electron chi connectivity index (χ0n) is 25.0. The first-order valence-corrected chi connectivity index (χ1v) is 15.7. The number of carbonyl (C=O) groups is 3. The van der Waals surface area contributed by atoms with Gasteiger partial charge in [-0.1, -0.05) is 75.0 Å². The molecule has 1 aliphatic carbocycles. The van der Waals surface area contributed by atoms with Gasteiger partial charge in [0.2, 0.25) is 17.7 Å². The highest BCUT2D eigenvalue weighted by atomic mass is 35.5. The first kappa shape index (κ1) is 31.8. The fraction of sp³-hybridized carbons (Fsp3) is 0.545. The van der Waals surface area contributed by atoms with Crippen molar-refractivity contribution in [2.45, 2.75) is 95.9 Å². The number of hydrogen-bond acceptors (Lipinski definition) is 5. The molecule has 0 radical (unpaired) electrons. The van der Waals surface area contributed by atoms with Gasteiger partial charge in [-0.2, -0.15) is 0 Å². The Morgan fingerprint density at radius 1 is 1.02 bits per heavy atom. The van der Waals surface area contributed by atoms with Gasteiger partial charge in [-0.15, -0.1) is 0 Å². The lowest BCUT2D eigenvalue weighted by Crippen LogP contribution is -2.64. The number of benzene rings is 2. The van der Waals surface area contributed by atoms with Crippen molar-refractivity contribution in [1.29, 1.82) is 0 Å². The Labute approximate surface area is 254 Å². The van der Waals surface area contributed by atoms with Crippen LogP contribution in [-0.2, 0) is 27.2 Å². The van der Waals surface area contributed by atoms with Crippen LogP contribution in [0.2, 0.25) is 5.02 Å². The Kier molecular flexibility index (Phi) is 11.3. The molecule has 42 heavy (non-hydrogen) atoms. The molecule has 2 aromatic rings. The van der Waals surface area contributed by atoms with Gasteiger partial charge in [0.1, 0.15) is 23.4 Å². The van der Waals surface area contributed by atoms with Crippen molar-refractivity contribution >= 4 is 29.3 Å². The van der Waals surface area contributed by atoms with Crippen molar-refractivity contribution in [1.82, 2.24) is 21.3 Å². The lowest BCUT2D eigenvalue weighted by atomic mass is 9.92. The van der Waals surface area contributed by atoms with Crippen molar-refractivity contribution in [2.75, 3.05) is 13.1 Å². The van der Waals surface area contributed by atoms with Gasteiger partial charge in [-0.05, 0) is 67.9 Å². The molecule has 1 saturated carbocycles. The Balaban J connectivity index is 1.64. The predicted molar refractivity (Wildman–Crippen MR) is 166 cm³/mol. The Morgan fingerprint density at radius 3 is 2.52 bits per heavy atom. The van der Waals surface area contributed by atoms with Gasteiger partial charge in [-0.3, -0.25) is 14.4 Å². The molecule has 0 bridgehead atoms. The van der Waals surface area contributed by atoms with E-state index in [1.807, 2.05) is 50.2 Å². The maximum atomic E-state index is 14.0. The van der Waals surface area contributed by atoms with Crippen LogP contribution in [0.3, 0.4) is 0 Å². The number of fused-ring (bicyclic) bond motifs is 1. The quantitative estimate of drug-likeness (QED) is 0.420. The van der Waals surface area contributed by atoms with Crippen LogP contribution in [0.15, 0.2) is 48.5 Å². The highest BCUT2D eigenvalue weighted by Gasteiger charge is 2.45. The van der Waals surface area contributed by atoms with E-state index in [2.05, 4.69) is 28.2 Å². The molecule has 4 atom stereocenters. The molecule has 4 N–H and O–H groups in total. The topological polar surface area (TPSA) is 109 Å². The van der Waals surface area contributed by atoms with E-state index in [9.17, 15) is 14.4 Å². The molecule has 1 spiro atoms. The number of aryl methyl sites for hydroxylation is 1. The number of nitrogens with one attached hydrogen (secondary N) is 4. The van der Waals surface area contributed by atoms with E-state index in [4.69, 9.17) is 16.3 Å². The van der Waals surface area contributed by atoms with E-state index in [1.54, 1.807) is 12.1 Å². The highest BCUT2D eigenvalue weighted by Crippen LogP contribution is 2.31. The monoisotopic (exact) mass is 596 g/mol. The van der Waals surface area contributed by atoms with Crippen LogP contribution in [0.1, 0.15) is 70.4 Å². The molecule has 0 saturated heterocycles. The second-order valence-electron chi connectivity index (χ2n) is 11.8. The van der Waals surface area contributed by atoms with Gasteiger partial charge in [0.25, 0.3) is 0 Å². The summed E-state index contributed by atoms with van der Waals surface area (Å²) in [7, 11) is 0. The number of para-hydroxylation sites is 1. The number of carbonyl (C=O) groups excluding carboxylic acids is 3. The van der Waals surface area contributed by atoms with Crippen LogP contribution >= 0.6 is 11.6 Å².